The Morgan fingerprint density at radius 3 is 2.94 bits per heavy atom. The summed E-state index contributed by atoms with van der Waals surface area (Å²) in [5.74, 6) is 0.725. The van der Waals surface area contributed by atoms with Gasteiger partial charge in [-0.05, 0) is 55.9 Å². The van der Waals surface area contributed by atoms with E-state index in [1.54, 1.807) is 6.92 Å². The Bertz CT molecular complexity index is 412. The van der Waals surface area contributed by atoms with Gasteiger partial charge >= 0.3 is 0 Å². The molecule has 0 aromatic heterocycles. The van der Waals surface area contributed by atoms with Crippen LogP contribution >= 0.6 is 0 Å². The highest BCUT2D eigenvalue weighted by Gasteiger charge is 2.21. The third-order valence-electron chi connectivity index (χ3n) is 3.71. The Kier molecular flexibility index (Phi) is 3.93. The first-order valence-electron chi connectivity index (χ1n) is 6.68. The quantitative estimate of drug-likeness (QED) is 0.863. The van der Waals surface area contributed by atoms with Crippen molar-refractivity contribution in [1.82, 2.24) is 0 Å². The molecule has 2 rings (SSSR count). The van der Waals surface area contributed by atoms with E-state index in [0.717, 1.165) is 30.6 Å². The average molecular weight is 250 g/mol. The van der Waals surface area contributed by atoms with Crippen LogP contribution in [0.25, 0.3) is 0 Å². The summed E-state index contributed by atoms with van der Waals surface area (Å²) in [4.78, 5) is 0. The second kappa shape index (κ2) is 5.29. The lowest BCUT2D eigenvalue weighted by Gasteiger charge is -2.24. The number of aliphatic hydroxyl groups excluding tert-OH is 1. The summed E-state index contributed by atoms with van der Waals surface area (Å²) in [6, 6.07) is 5.85. The van der Waals surface area contributed by atoms with Gasteiger partial charge in [-0.2, -0.15) is 0 Å². The smallest absolute Gasteiger partial charge is 0.119 e. The third kappa shape index (κ3) is 3.03. The van der Waals surface area contributed by atoms with Gasteiger partial charge in [-0.1, -0.05) is 13.0 Å². The van der Waals surface area contributed by atoms with E-state index in [4.69, 9.17) is 4.74 Å². The maximum absolute atomic E-state index is 9.96. The largest absolute Gasteiger partial charge is 0.491 e. The van der Waals surface area contributed by atoms with E-state index >= 15 is 0 Å². The Morgan fingerprint density at radius 2 is 2.22 bits per heavy atom. The molecule has 0 heterocycles. The lowest BCUT2D eigenvalue weighted by atomic mass is 9.89. The number of aliphatic hydroxyl groups is 2. The van der Waals surface area contributed by atoms with Crippen molar-refractivity contribution in [2.24, 2.45) is 0 Å². The molecule has 0 bridgehead atoms. The second-order valence-electron chi connectivity index (χ2n) is 5.41. The highest BCUT2D eigenvalue weighted by atomic mass is 16.5. The standard InChI is InChI=1S/C15H22O3/c1-3-15(2,17)10-18-12-8-7-11-5-4-6-14(16)13(11)9-12/h7-9,14,16-17H,3-6,10H2,1-2H3/t14-,15?/m0/s1. The van der Waals surface area contributed by atoms with Gasteiger partial charge in [0, 0.05) is 0 Å². The van der Waals surface area contributed by atoms with Crippen LogP contribution < -0.4 is 4.74 Å². The first-order valence-corrected chi connectivity index (χ1v) is 6.68. The van der Waals surface area contributed by atoms with Crippen LogP contribution in [0.1, 0.15) is 50.3 Å². The predicted octanol–water partition coefficient (Wildman–Crippen LogP) is 2.60. The number of aryl methyl sites for hydroxylation is 1. The first kappa shape index (κ1) is 13.4. The van der Waals surface area contributed by atoms with E-state index in [0.29, 0.717) is 6.42 Å². The fourth-order valence-corrected chi connectivity index (χ4v) is 2.18. The molecule has 100 valence electrons. The lowest BCUT2D eigenvalue weighted by Crippen LogP contribution is -2.31. The summed E-state index contributed by atoms with van der Waals surface area (Å²) in [6.45, 7) is 3.97. The number of hydrogen-bond acceptors (Lipinski definition) is 3. The van der Waals surface area contributed by atoms with E-state index in [1.807, 2.05) is 25.1 Å². The lowest BCUT2D eigenvalue weighted by molar-refractivity contribution is 0.00837. The van der Waals surface area contributed by atoms with Crippen LogP contribution in [0.2, 0.25) is 0 Å². The van der Waals surface area contributed by atoms with Crippen molar-refractivity contribution in [2.45, 2.75) is 51.2 Å². The maximum Gasteiger partial charge on any atom is 0.119 e. The van der Waals surface area contributed by atoms with Crippen LogP contribution in [0.15, 0.2) is 18.2 Å². The molecule has 0 radical (unpaired) electrons. The molecule has 0 fully saturated rings. The van der Waals surface area contributed by atoms with E-state index in [-0.39, 0.29) is 12.7 Å². The minimum atomic E-state index is -0.797. The van der Waals surface area contributed by atoms with Crippen molar-refractivity contribution >= 4 is 0 Å². The number of ether oxygens (including phenoxy) is 1. The molecule has 2 atom stereocenters. The summed E-state index contributed by atoms with van der Waals surface area (Å²) in [6.07, 6.45) is 3.17. The molecule has 3 nitrogen and oxygen atoms in total. The fourth-order valence-electron chi connectivity index (χ4n) is 2.18. The van der Waals surface area contributed by atoms with Crippen LogP contribution in [-0.4, -0.2) is 22.4 Å². The van der Waals surface area contributed by atoms with Crippen LogP contribution in [0.3, 0.4) is 0 Å². The summed E-state index contributed by atoms with van der Waals surface area (Å²) >= 11 is 0. The van der Waals surface area contributed by atoms with Gasteiger partial charge in [0.15, 0.2) is 0 Å². The molecule has 1 aromatic rings. The van der Waals surface area contributed by atoms with Gasteiger partial charge in [0.2, 0.25) is 0 Å². The molecule has 1 aromatic carbocycles. The Morgan fingerprint density at radius 1 is 1.44 bits per heavy atom. The van der Waals surface area contributed by atoms with Crippen molar-refractivity contribution in [1.29, 1.82) is 0 Å². The van der Waals surface area contributed by atoms with Crippen molar-refractivity contribution in [3.05, 3.63) is 29.3 Å². The molecular weight excluding hydrogens is 228 g/mol. The van der Waals surface area contributed by atoms with E-state index in [1.165, 1.54) is 5.56 Å². The van der Waals surface area contributed by atoms with Gasteiger partial charge in [0.1, 0.15) is 12.4 Å². The van der Waals surface area contributed by atoms with Gasteiger partial charge in [-0.15, -0.1) is 0 Å². The van der Waals surface area contributed by atoms with Gasteiger partial charge in [-0.3, -0.25) is 0 Å². The molecule has 2 N–H and O–H groups in total. The van der Waals surface area contributed by atoms with Crippen molar-refractivity contribution < 1.29 is 14.9 Å². The summed E-state index contributed by atoms with van der Waals surface area (Å²) in [5, 5.41) is 19.9. The number of benzene rings is 1. The highest BCUT2D eigenvalue weighted by Crippen LogP contribution is 2.32. The van der Waals surface area contributed by atoms with Crippen LogP contribution in [-0.2, 0) is 6.42 Å². The predicted molar refractivity (Wildman–Crippen MR) is 70.7 cm³/mol. The van der Waals surface area contributed by atoms with Crippen LogP contribution in [0.4, 0.5) is 0 Å². The van der Waals surface area contributed by atoms with Crippen molar-refractivity contribution in [3.8, 4) is 5.75 Å². The molecule has 0 saturated heterocycles. The number of rotatable bonds is 4. The van der Waals surface area contributed by atoms with E-state index < -0.39 is 5.60 Å². The summed E-state index contributed by atoms with van der Waals surface area (Å²) in [5.41, 5.74) is 1.40. The Balaban J connectivity index is 2.09. The molecule has 1 aliphatic rings. The van der Waals surface area contributed by atoms with Crippen LogP contribution in [0, 0.1) is 0 Å². The normalized spacial score (nSPS) is 22.1. The Hall–Kier alpha value is -1.06. The zero-order valence-corrected chi connectivity index (χ0v) is 11.1. The summed E-state index contributed by atoms with van der Waals surface area (Å²) < 4.78 is 5.61. The number of hydrogen-bond donors (Lipinski definition) is 2. The van der Waals surface area contributed by atoms with Gasteiger partial charge < -0.3 is 14.9 Å². The topological polar surface area (TPSA) is 49.7 Å². The maximum atomic E-state index is 9.96. The monoisotopic (exact) mass is 250 g/mol. The van der Waals surface area contributed by atoms with Gasteiger partial charge in [-0.25, -0.2) is 0 Å². The third-order valence-corrected chi connectivity index (χ3v) is 3.71. The van der Waals surface area contributed by atoms with Gasteiger partial charge in [0.05, 0.1) is 11.7 Å². The SMILES string of the molecule is CCC(C)(O)COc1ccc2c(c1)[C@@H](O)CCC2. The minimum Gasteiger partial charge on any atom is -0.491 e. The van der Waals surface area contributed by atoms with Gasteiger partial charge in [0.25, 0.3) is 0 Å². The molecule has 1 aliphatic carbocycles. The number of fused-ring (bicyclic) bond motifs is 1. The highest BCUT2D eigenvalue weighted by molar-refractivity contribution is 5.38. The van der Waals surface area contributed by atoms with Crippen molar-refractivity contribution in [2.75, 3.05) is 6.61 Å². The first-order chi connectivity index (χ1) is 8.52. The molecule has 0 aliphatic heterocycles. The molecular formula is C15H22O3. The average Bonchev–Trinajstić information content (AvgIpc) is 2.37. The molecule has 0 spiro atoms. The van der Waals surface area contributed by atoms with E-state index in [2.05, 4.69) is 0 Å². The molecule has 1 unspecified atom stereocenters. The second-order valence-corrected chi connectivity index (χ2v) is 5.41. The zero-order valence-electron chi connectivity index (χ0n) is 11.1. The Labute approximate surface area is 108 Å². The van der Waals surface area contributed by atoms with Crippen LogP contribution in [0.5, 0.6) is 5.75 Å². The molecule has 0 saturated carbocycles. The minimum absolute atomic E-state index is 0.276. The van der Waals surface area contributed by atoms with Crippen molar-refractivity contribution in [3.63, 3.8) is 0 Å². The zero-order chi connectivity index (χ0) is 13.2. The summed E-state index contributed by atoms with van der Waals surface area (Å²) in [7, 11) is 0. The molecule has 18 heavy (non-hydrogen) atoms. The molecule has 3 heteroatoms. The fraction of sp³-hybridized carbons (Fsp3) is 0.600. The molecule has 0 amide bonds. The van der Waals surface area contributed by atoms with E-state index in [9.17, 15) is 10.2 Å².